The molecule has 122 valence electrons. The Morgan fingerprint density at radius 3 is 1.76 bits per heavy atom. The van der Waals surface area contributed by atoms with Gasteiger partial charge in [-0.1, -0.05) is 12.8 Å². The van der Waals surface area contributed by atoms with Crippen LogP contribution in [0.25, 0.3) is 0 Å². The fraction of sp³-hybridized carbons (Fsp3) is 0.875. The van der Waals surface area contributed by atoms with E-state index in [2.05, 4.69) is 5.32 Å². The lowest BCUT2D eigenvalue weighted by Gasteiger charge is -2.34. The summed E-state index contributed by atoms with van der Waals surface area (Å²) in [6, 6.07) is 0. The topological polar surface area (TPSA) is 64.6 Å². The van der Waals surface area contributed by atoms with Crippen molar-refractivity contribution < 1.29 is 19.1 Å². The molecule has 1 N–H and O–H groups in total. The lowest BCUT2D eigenvalue weighted by atomic mass is 9.93. The minimum atomic E-state index is -1.38. The van der Waals surface area contributed by atoms with Gasteiger partial charge in [0.25, 0.3) is 0 Å². The molecule has 0 saturated carbocycles. The minimum Gasteiger partial charge on any atom is -0.458 e. The van der Waals surface area contributed by atoms with Crippen molar-refractivity contribution in [3.05, 3.63) is 0 Å². The van der Waals surface area contributed by atoms with Gasteiger partial charge < -0.3 is 9.47 Å². The van der Waals surface area contributed by atoms with E-state index in [1.165, 1.54) is 0 Å². The highest BCUT2D eigenvalue weighted by atomic mass is 16.6. The molecule has 0 atom stereocenters. The van der Waals surface area contributed by atoms with Crippen LogP contribution in [-0.4, -0.2) is 35.2 Å². The zero-order chi connectivity index (χ0) is 16.3. The Hall–Kier alpha value is -1.10. The second-order valence-corrected chi connectivity index (χ2v) is 7.65. The summed E-state index contributed by atoms with van der Waals surface area (Å²) in [6.45, 7) is 11.4. The molecule has 0 aromatic heterocycles. The molecule has 1 fully saturated rings. The van der Waals surface area contributed by atoms with E-state index in [-0.39, 0.29) is 0 Å². The van der Waals surface area contributed by atoms with Crippen LogP contribution in [0.5, 0.6) is 0 Å². The van der Waals surface area contributed by atoms with Crippen LogP contribution in [-0.2, 0) is 19.1 Å². The summed E-state index contributed by atoms with van der Waals surface area (Å²) >= 11 is 0. The fourth-order valence-electron chi connectivity index (χ4n) is 2.24. The zero-order valence-corrected chi connectivity index (χ0v) is 14.2. The van der Waals surface area contributed by atoms with E-state index >= 15 is 0 Å². The number of hydrogen-bond acceptors (Lipinski definition) is 5. The number of rotatable bonds is 2. The summed E-state index contributed by atoms with van der Waals surface area (Å²) in [6.07, 6.45) is 3.13. The van der Waals surface area contributed by atoms with Crippen molar-refractivity contribution in [2.75, 3.05) is 6.54 Å². The predicted molar refractivity (Wildman–Crippen MR) is 80.9 cm³/mol. The Morgan fingerprint density at radius 2 is 1.33 bits per heavy atom. The number of ether oxygens (including phenoxy) is 2. The SMILES string of the molecule is CC(C)(C)OC(=O)C1(C(=O)OC(C)(C)C)CCCCCN1. The van der Waals surface area contributed by atoms with Gasteiger partial charge in [0.15, 0.2) is 0 Å². The van der Waals surface area contributed by atoms with Crippen LogP contribution in [0.3, 0.4) is 0 Å². The number of carbonyl (C=O) groups is 2. The lowest BCUT2D eigenvalue weighted by Crippen LogP contribution is -2.61. The molecule has 0 amide bonds. The second kappa shape index (κ2) is 6.34. The highest BCUT2D eigenvalue weighted by Gasteiger charge is 2.50. The van der Waals surface area contributed by atoms with Gasteiger partial charge in [0.05, 0.1) is 0 Å². The Morgan fingerprint density at radius 1 is 0.857 bits per heavy atom. The van der Waals surface area contributed by atoms with Crippen LogP contribution in [0.2, 0.25) is 0 Å². The van der Waals surface area contributed by atoms with E-state index in [0.717, 1.165) is 19.3 Å². The molecule has 0 aliphatic carbocycles. The van der Waals surface area contributed by atoms with Gasteiger partial charge in [-0.2, -0.15) is 0 Å². The first-order valence-electron chi connectivity index (χ1n) is 7.68. The summed E-state index contributed by atoms with van der Waals surface area (Å²) in [5.41, 5.74) is -2.66. The third-order valence-corrected chi connectivity index (χ3v) is 3.15. The highest BCUT2D eigenvalue weighted by molar-refractivity contribution is 6.05. The largest absolute Gasteiger partial charge is 0.458 e. The van der Waals surface area contributed by atoms with E-state index in [9.17, 15) is 9.59 Å². The molecule has 0 unspecified atom stereocenters. The maximum absolute atomic E-state index is 12.6. The molecular weight excluding hydrogens is 270 g/mol. The lowest BCUT2D eigenvalue weighted by molar-refractivity contribution is -0.179. The van der Waals surface area contributed by atoms with Crippen LogP contribution < -0.4 is 5.32 Å². The molecule has 1 rings (SSSR count). The average molecular weight is 299 g/mol. The van der Waals surface area contributed by atoms with E-state index in [0.29, 0.717) is 13.0 Å². The first-order valence-corrected chi connectivity index (χ1v) is 7.68. The molecule has 0 spiro atoms. The van der Waals surface area contributed by atoms with Crippen molar-refractivity contribution >= 4 is 11.9 Å². The van der Waals surface area contributed by atoms with Gasteiger partial charge in [0, 0.05) is 0 Å². The first-order chi connectivity index (χ1) is 9.46. The third kappa shape index (κ3) is 5.30. The normalized spacial score (nSPS) is 19.5. The fourth-order valence-corrected chi connectivity index (χ4v) is 2.24. The van der Waals surface area contributed by atoms with Gasteiger partial charge in [-0.25, -0.2) is 9.59 Å². The van der Waals surface area contributed by atoms with Crippen molar-refractivity contribution in [2.45, 2.75) is 84.0 Å². The van der Waals surface area contributed by atoms with Crippen molar-refractivity contribution in [1.82, 2.24) is 5.32 Å². The summed E-state index contributed by atoms with van der Waals surface area (Å²) in [5, 5.41) is 3.09. The van der Waals surface area contributed by atoms with Crippen molar-refractivity contribution in [1.29, 1.82) is 0 Å². The van der Waals surface area contributed by atoms with E-state index < -0.39 is 28.7 Å². The Balaban J connectivity index is 3.04. The summed E-state index contributed by atoms with van der Waals surface area (Å²) in [4.78, 5) is 25.3. The number of hydrogen-bond donors (Lipinski definition) is 1. The van der Waals surface area contributed by atoms with Crippen molar-refractivity contribution in [3.63, 3.8) is 0 Å². The number of carbonyl (C=O) groups excluding carboxylic acids is 2. The number of esters is 2. The number of nitrogens with one attached hydrogen (secondary N) is 1. The average Bonchev–Trinajstić information content (AvgIpc) is 2.50. The molecule has 5 nitrogen and oxygen atoms in total. The standard InChI is InChI=1S/C16H29NO4/c1-14(2,3)20-12(18)16(10-8-7-9-11-17-16)13(19)21-15(4,5)6/h17H,7-11H2,1-6H3. The predicted octanol–water partition coefficient (Wildman–Crippen LogP) is 2.57. The summed E-state index contributed by atoms with van der Waals surface area (Å²) in [7, 11) is 0. The monoisotopic (exact) mass is 299 g/mol. The summed E-state index contributed by atoms with van der Waals surface area (Å²) in [5.74, 6) is -1.07. The van der Waals surface area contributed by atoms with Gasteiger partial charge in [0.2, 0.25) is 5.54 Å². The minimum absolute atomic E-state index is 0.414. The van der Waals surface area contributed by atoms with E-state index in [1.54, 1.807) is 41.5 Å². The zero-order valence-electron chi connectivity index (χ0n) is 14.2. The molecule has 1 heterocycles. The molecular formula is C16H29NO4. The van der Waals surface area contributed by atoms with E-state index in [4.69, 9.17) is 9.47 Å². The van der Waals surface area contributed by atoms with Gasteiger partial charge in [0.1, 0.15) is 11.2 Å². The first kappa shape index (κ1) is 18.0. The molecule has 0 aromatic carbocycles. The molecule has 0 radical (unpaired) electrons. The van der Waals surface area contributed by atoms with Crippen LogP contribution in [0.1, 0.15) is 67.2 Å². The van der Waals surface area contributed by atoms with Crippen LogP contribution >= 0.6 is 0 Å². The van der Waals surface area contributed by atoms with Gasteiger partial charge in [-0.3, -0.25) is 5.32 Å². The van der Waals surface area contributed by atoms with Crippen LogP contribution in [0.15, 0.2) is 0 Å². The Kier molecular flexibility index (Phi) is 5.42. The second-order valence-electron chi connectivity index (χ2n) is 7.65. The quantitative estimate of drug-likeness (QED) is 0.627. The molecule has 0 bridgehead atoms. The maximum atomic E-state index is 12.6. The van der Waals surface area contributed by atoms with Crippen LogP contribution in [0, 0.1) is 0 Å². The Labute approximate surface area is 127 Å². The molecule has 21 heavy (non-hydrogen) atoms. The summed E-state index contributed by atoms with van der Waals surface area (Å²) < 4.78 is 10.9. The maximum Gasteiger partial charge on any atom is 0.338 e. The Bertz CT molecular complexity index is 352. The van der Waals surface area contributed by atoms with Gasteiger partial charge in [-0.05, 0) is 60.9 Å². The molecule has 1 saturated heterocycles. The molecule has 1 aliphatic rings. The van der Waals surface area contributed by atoms with Crippen LogP contribution in [0.4, 0.5) is 0 Å². The van der Waals surface area contributed by atoms with E-state index in [1.807, 2.05) is 0 Å². The van der Waals surface area contributed by atoms with Crippen molar-refractivity contribution in [2.24, 2.45) is 0 Å². The third-order valence-electron chi connectivity index (χ3n) is 3.15. The van der Waals surface area contributed by atoms with Gasteiger partial charge in [-0.15, -0.1) is 0 Å². The van der Waals surface area contributed by atoms with Crippen molar-refractivity contribution in [3.8, 4) is 0 Å². The van der Waals surface area contributed by atoms with Gasteiger partial charge >= 0.3 is 11.9 Å². The molecule has 1 aliphatic heterocycles. The molecule has 0 aromatic rings. The highest BCUT2D eigenvalue weighted by Crippen LogP contribution is 2.26. The molecule has 5 heteroatoms. The smallest absolute Gasteiger partial charge is 0.338 e.